The number of anilines is 2. The van der Waals surface area contributed by atoms with Gasteiger partial charge in [0, 0.05) is 17.3 Å². The van der Waals surface area contributed by atoms with Crippen molar-refractivity contribution in [2.24, 2.45) is 0 Å². The molecule has 0 bridgehead atoms. The summed E-state index contributed by atoms with van der Waals surface area (Å²) in [4.78, 5) is 2.48. The number of nitrogens with zero attached hydrogens (tertiary/aromatic N) is 1. The van der Waals surface area contributed by atoms with Crippen LogP contribution in [0.25, 0.3) is 22.3 Å². The fraction of sp³-hybridized carbons (Fsp3) is 0.0968. The van der Waals surface area contributed by atoms with Crippen molar-refractivity contribution in [2.45, 2.75) is 18.9 Å². The molecule has 0 saturated heterocycles. The summed E-state index contributed by atoms with van der Waals surface area (Å²) in [5.74, 6) is 0.418. The Hall–Kier alpha value is -3.84. The maximum Gasteiger partial charge on any atom is 0.0629 e. The van der Waals surface area contributed by atoms with Gasteiger partial charge in [-0.05, 0) is 64.6 Å². The smallest absolute Gasteiger partial charge is 0.0629 e. The summed E-state index contributed by atoms with van der Waals surface area (Å²) in [7, 11) is 0. The zero-order chi connectivity index (χ0) is 21.5. The molecule has 1 aliphatic carbocycles. The zero-order valence-corrected chi connectivity index (χ0v) is 18.1. The van der Waals surface area contributed by atoms with E-state index in [1.165, 1.54) is 44.8 Å². The van der Waals surface area contributed by atoms with E-state index in [9.17, 15) is 0 Å². The summed E-state index contributed by atoms with van der Waals surface area (Å²) in [6.45, 7) is 2.18. The quantitative estimate of drug-likeness (QED) is 0.329. The van der Waals surface area contributed by atoms with E-state index in [1.54, 1.807) is 0 Å². The van der Waals surface area contributed by atoms with E-state index in [1.807, 2.05) is 0 Å². The molecule has 4 aromatic carbocycles. The average molecular weight is 412 g/mol. The first-order chi connectivity index (χ1) is 15.8. The fourth-order valence-electron chi connectivity index (χ4n) is 5.15. The summed E-state index contributed by atoms with van der Waals surface area (Å²) in [5, 5.41) is 0. The lowest BCUT2D eigenvalue weighted by atomic mass is 9.91. The largest absolute Gasteiger partial charge is 0.333 e. The molecule has 0 spiro atoms. The number of aryl methyl sites for hydroxylation is 1. The van der Waals surface area contributed by atoms with Crippen LogP contribution in [-0.4, -0.2) is 6.04 Å². The molecular weight excluding hydrogens is 386 g/mol. The van der Waals surface area contributed by atoms with Crippen molar-refractivity contribution in [3.8, 4) is 22.3 Å². The van der Waals surface area contributed by atoms with Gasteiger partial charge >= 0.3 is 0 Å². The first-order valence-corrected chi connectivity index (χ1v) is 11.3. The van der Waals surface area contributed by atoms with Gasteiger partial charge in [-0.3, -0.25) is 0 Å². The lowest BCUT2D eigenvalue weighted by Gasteiger charge is -2.28. The van der Waals surface area contributed by atoms with Crippen LogP contribution in [0.15, 0.2) is 121 Å². The molecule has 0 fully saturated rings. The Labute approximate surface area is 190 Å². The number of rotatable bonds is 3. The maximum absolute atomic E-state index is 2.48. The number of hydrogen-bond acceptors (Lipinski definition) is 1. The standard InChI is InChI=1S/C31H25N/c1-22-19-25(23-9-3-2-4-10-23)21-26(20-22)24-15-17-27(18-16-24)32-30-13-7-5-11-28(30)29-12-6-8-14-31(29)32/h2-21,28,30H,1H3. The zero-order valence-electron chi connectivity index (χ0n) is 18.1. The molecule has 6 rings (SSSR count). The Morgan fingerprint density at radius 2 is 1.25 bits per heavy atom. The summed E-state index contributed by atoms with van der Waals surface area (Å²) >= 11 is 0. The number of para-hydroxylation sites is 1. The first-order valence-electron chi connectivity index (χ1n) is 11.3. The van der Waals surface area contributed by atoms with Gasteiger partial charge < -0.3 is 4.90 Å². The minimum absolute atomic E-state index is 0.340. The second-order valence-corrected chi connectivity index (χ2v) is 8.72. The normalized spacial score (nSPS) is 18.5. The molecule has 0 N–H and O–H groups in total. The fourth-order valence-corrected chi connectivity index (χ4v) is 5.15. The minimum atomic E-state index is 0.340. The van der Waals surface area contributed by atoms with Crippen LogP contribution < -0.4 is 4.90 Å². The van der Waals surface area contributed by atoms with E-state index in [0.717, 1.165) is 0 Å². The van der Waals surface area contributed by atoms with Crippen LogP contribution in [0.1, 0.15) is 17.0 Å². The van der Waals surface area contributed by atoms with Gasteiger partial charge in [-0.25, -0.2) is 0 Å². The minimum Gasteiger partial charge on any atom is -0.333 e. The number of benzene rings is 4. The topological polar surface area (TPSA) is 3.24 Å². The van der Waals surface area contributed by atoms with Gasteiger partial charge in [-0.15, -0.1) is 0 Å². The molecule has 1 heteroatoms. The van der Waals surface area contributed by atoms with Crippen LogP contribution in [0.4, 0.5) is 11.4 Å². The highest BCUT2D eigenvalue weighted by atomic mass is 15.2. The van der Waals surface area contributed by atoms with Gasteiger partial charge in [0.05, 0.1) is 6.04 Å². The highest BCUT2D eigenvalue weighted by molar-refractivity contribution is 5.78. The van der Waals surface area contributed by atoms with Crippen LogP contribution in [0.3, 0.4) is 0 Å². The van der Waals surface area contributed by atoms with E-state index in [4.69, 9.17) is 0 Å². The van der Waals surface area contributed by atoms with Gasteiger partial charge in [0.15, 0.2) is 0 Å². The summed E-state index contributed by atoms with van der Waals surface area (Å²) in [6, 6.07) is 35.7. The van der Waals surface area contributed by atoms with Gasteiger partial charge in [0.25, 0.3) is 0 Å². The molecule has 2 aliphatic rings. The molecule has 0 aromatic heterocycles. The van der Waals surface area contributed by atoms with Gasteiger partial charge in [-0.1, -0.05) is 97.1 Å². The van der Waals surface area contributed by atoms with Crippen molar-refractivity contribution in [2.75, 3.05) is 4.90 Å². The Morgan fingerprint density at radius 1 is 0.594 bits per heavy atom. The van der Waals surface area contributed by atoms with Crippen molar-refractivity contribution >= 4 is 11.4 Å². The highest BCUT2D eigenvalue weighted by Crippen LogP contribution is 2.47. The van der Waals surface area contributed by atoms with Crippen LogP contribution >= 0.6 is 0 Å². The molecule has 2 unspecified atom stereocenters. The molecule has 0 radical (unpaired) electrons. The third kappa shape index (κ3) is 3.18. The summed E-state index contributed by atoms with van der Waals surface area (Å²) in [5.41, 5.74) is 10.3. The lowest BCUT2D eigenvalue weighted by Crippen LogP contribution is -2.28. The van der Waals surface area contributed by atoms with E-state index < -0.39 is 0 Å². The Bertz CT molecular complexity index is 1330. The summed E-state index contributed by atoms with van der Waals surface area (Å²) in [6.07, 6.45) is 9.00. The third-order valence-corrected chi connectivity index (χ3v) is 6.62. The number of fused-ring (bicyclic) bond motifs is 3. The van der Waals surface area contributed by atoms with E-state index >= 15 is 0 Å². The molecular formula is C31H25N. The number of allylic oxidation sites excluding steroid dienone is 2. The van der Waals surface area contributed by atoms with Crippen molar-refractivity contribution < 1.29 is 0 Å². The lowest BCUT2D eigenvalue weighted by molar-refractivity contribution is 0.745. The Balaban J connectivity index is 1.37. The van der Waals surface area contributed by atoms with Crippen molar-refractivity contribution in [3.05, 3.63) is 132 Å². The van der Waals surface area contributed by atoms with Crippen LogP contribution in [0.2, 0.25) is 0 Å². The molecule has 154 valence electrons. The predicted octanol–water partition coefficient (Wildman–Crippen LogP) is 8.06. The molecule has 1 nitrogen and oxygen atoms in total. The maximum atomic E-state index is 2.48. The molecule has 1 heterocycles. The van der Waals surface area contributed by atoms with Crippen LogP contribution in [-0.2, 0) is 0 Å². The molecule has 1 aliphatic heterocycles. The average Bonchev–Trinajstić information content (AvgIpc) is 3.19. The first kappa shape index (κ1) is 18.9. The Morgan fingerprint density at radius 3 is 2.03 bits per heavy atom. The second kappa shape index (κ2) is 7.69. The second-order valence-electron chi connectivity index (χ2n) is 8.72. The molecule has 4 aromatic rings. The molecule has 0 saturated carbocycles. The van der Waals surface area contributed by atoms with Gasteiger partial charge in [0.1, 0.15) is 0 Å². The third-order valence-electron chi connectivity index (χ3n) is 6.62. The molecule has 2 atom stereocenters. The van der Waals surface area contributed by atoms with Crippen LogP contribution in [0, 0.1) is 6.92 Å². The summed E-state index contributed by atoms with van der Waals surface area (Å²) < 4.78 is 0. The van der Waals surface area contributed by atoms with E-state index in [0.29, 0.717) is 12.0 Å². The van der Waals surface area contributed by atoms with Crippen LogP contribution in [0.5, 0.6) is 0 Å². The molecule has 32 heavy (non-hydrogen) atoms. The van der Waals surface area contributed by atoms with Crippen molar-refractivity contribution in [1.29, 1.82) is 0 Å². The van der Waals surface area contributed by atoms with Crippen molar-refractivity contribution in [1.82, 2.24) is 0 Å². The highest BCUT2D eigenvalue weighted by Gasteiger charge is 2.36. The number of hydrogen-bond donors (Lipinski definition) is 0. The molecule has 0 amide bonds. The van der Waals surface area contributed by atoms with E-state index in [2.05, 4.69) is 133 Å². The SMILES string of the molecule is Cc1cc(-c2ccccc2)cc(-c2ccc(N3c4ccccc4C4C=CC=CC43)cc2)c1. The monoisotopic (exact) mass is 411 g/mol. The Kier molecular flexibility index (Phi) is 4.54. The van der Waals surface area contributed by atoms with Gasteiger partial charge in [-0.2, -0.15) is 0 Å². The van der Waals surface area contributed by atoms with E-state index in [-0.39, 0.29) is 0 Å². The van der Waals surface area contributed by atoms with Gasteiger partial charge in [0.2, 0.25) is 0 Å². The predicted molar refractivity (Wildman–Crippen MR) is 135 cm³/mol. The van der Waals surface area contributed by atoms with Crippen molar-refractivity contribution in [3.63, 3.8) is 0 Å².